The van der Waals surface area contributed by atoms with Gasteiger partial charge in [-0.2, -0.15) is 0 Å². The number of unbranched alkanes of at least 4 members (excludes halogenated alkanes) is 10. The lowest BCUT2D eigenvalue weighted by atomic mass is 10.0. The molecule has 0 aromatic rings. The lowest BCUT2D eigenvalue weighted by Crippen LogP contribution is -3.00. The van der Waals surface area contributed by atoms with E-state index in [1.165, 1.54) is 76.5 Å². The summed E-state index contributed by atoms with van der Waals surface area (Å²) in [7, 11) is 0. The van der Waals surface area contributed by atoms with Crippen LogP contribution in [-0.2, 0) is 0 Å². The Hall–Kier alpha value is 0.0700. The molecule has 0 saturated carbocycles. The van der Waals surface area contributed by atoms with E-state index in [2.05, 4.69) is 13.8 Å². The summed E-state index contributed by atoms with van der Waals surface area (Å²) in [6.07, 6.45) is 16.0. The molecule has 144 valence electrons. The Labute approximate surface area is 161 Å². The van der Waals surface area contributed by atoms with Gasteiger partial charge >= 0.3 is 0 Å². The van der Waals surface area contributed by atoms with Crippen molar-refractivity contribution in [3.8, 4) is 0 Å². The molecule has 0 aromatic carbocycles. The maximum absolute atomic E-state index is 10.1. The highest BCUT2D eigenvalue weighted by Gasteiger charge is 2.40. The summed E-state index contributed by atoms with van der Waals surface area (Å²) in [6, 6.07) is 0. The number of halogens is 1. The number of aliphatic imine (C=N–C) groups is 1. The second kappa shape index (κ2) is 14.3. The van der Waals surface area contributed by atoms with Gasteiger partial charge in [0.25, 0.3) is 0 Å². The molecule has 0 radical (unpaired) electrons. The van der Waals surface area contributed by atoms with Gasteiger partial charge in [0.2, 0.25) is 5.84 Å². The second-order valence-electron chi connectivity index (χ2n) is 7.29. The van der Waals surface area contributed by atoms with Crippen molar-refractivity contribution in [3.05, 3.63) is 0 Å². The normalized spacial score (nSPS) is 21.4. The number of quaternary nitrogens is 1. The molecule has 1 aliphatic heterocycles. The fraction of sp³-hybridized carbons (Fsp3) is 0.950. The Morgan fingerprint density at radius 3 is 1.88 bits per heavy atom. The van der Waals surface area contributed by atoms with Crippen LogP contribution in [0.15, 0.2) is 4.99 Å². The number of aliphatic hydroxyl groups excluding tert-OH is 1. The summed E-state index contributed by atoms with van der Waals surface area (Å²) in [5.41, 5.74) is 0. The molecule has 1 aliphatic rings. The van der Waals surface area contributed by atoms with Crippen molar-refractivity contribution < 1.29 is 26.6 Å². The van der Waals surface area contributed by atoms with E-state index in [0.29, 0.717) is 0 Å². The van der Waals surface area contributed by atoms with Gasteiger partial charge in [0.15, 0.2) is 6.23 Å². The lowest BCUT2D eigenvalue weighted by molar-refractivity contribution is -0.882. The predicted octanol–water partition coefficient (Wildman–Crippen LogP) is 2.28. The molecular formula is C20H41BrN2O. The molecular weight excluding hydrogens is 364 g/mol. The molecule has 0 aromatic heterocycles. The molecule has 1 rings (SSSR count). The minimum atomic E-state index is -0.311. The first-order chi connectivity index (χ1) is 11.2. The molecule has 1 heterocycles. The van der Waals surface area contributed by atoms with E-state index in [9.17, 15) is 5.11 Å². The monoisotopic (exact) mass is 404 g/mol. The van der Waals surface area contributed by atoms with E-state index >= 15 is 0 Å². The zero-order valence-corrected chi connectivity index (χ0v) is 18.0. The van der Waals surface area contributed by atoms with E-state index in [0.717, 1.165) is 30.5 Å². The van der Waals surface area contributed by atoms with E-state index < -0.39 is 0 Å². The summed E-state index contributed by atoms with van der Waals surface area (Å²) >= 11 is 0. The number of hydrogen-bond donors (Lipinski definition) is 1. The highest BCUT2D eigenvalue weighted by atomic mass is 79.9. The summed E-state index contributed by atoms with van der Waals surface area (Å²) in [5, 5.41) is 10.1. The number of aliphatic hydroxyl groups is 1. The SMILES string of the molecule is CCCCCCCCCCCCCC1=NCC[N+]1(CC)C(C)O.[Br-]. The molecule has 0 aliphatic carbocycles. The average molecular weight is 405 g/mol. The molecule has 0 saturated heterocycles. The number of nitrogens with zero attached hydrogens (tertiary/aromatic N) is 2. The average Bonchev–Trinajstić information content (AvgIpc) is 2.97. The van der Waals surface area contributed by atoms with E-state index in [-0.39, 0.29) is 23.2 Å². The van der Waals surface area contributed by atoms with Gasteiger partial charge in [-0.25, -0.2) is 4.99 Å². The highest BCUT2D eigenvalue weighted by Crippen LogP contribution is 2.23. The molecule has 0 fully saturated rings. The molecule has 24 heavy (non-hydrogen) atoms. The maximum atomic E-state index is 10.1. The maximum Gasteiger partial charge on any atom is 0.200 e. The van der Waals surface area contributed by atoms with Gasteiger partial charge in [0.05, 0.1) is 13.1 Å². The van der Waals surface area contributed by atoms with E-state index in [1.54, 1.807) is 0 Å². The molecule has 0 bridgehead atoms. The van der Waals surface area contributed by atoms with E-state index in [1.807, 2.05) is 6.92 Å². The first kappa shape index (κ1) is 24.1. The van der Waals surface area contributed by atoms with Crippen molar-refractivity contribution in [2.24, 2.45) is 4.99 Å². The largest absolute Gasteiger partial charge is 1.00 e. The van der Waals surface area contributed by atoms with Crippen molar-refractivity contribution >= 4 is 5.84 Å². The van der Waals surface area contributed by atoms with Crippen LogP contribution < -0.4 is 17.0 Å². The summed E-state index contributed by atoms with van der Waals surface area (Å²) in [5.74, 6) is 1.25. The third kappa shape index (κ3) is 7.97. The fourth-order valence-corrected chi connectivity index (χ4v) is 3.88. The molecule has 4 heteroatoms. The fourth-order valence-electron chi connectivity index (χ4n) is 3.88. The van der Waals surface area contributed by atoms with Crippen molar-refractivity contribution in [1.82, 2.24) is 0 Å². The summed E-state index contributed by atoms with van der Waals surface area (Å²) in [4.78, 5) is 4.69. The number of amidine groups is 1. The zero-order chi connectivity index (χ0) is 17.0. The van der Waals surface area contributed by atoms with Crippen LogP contribution in [0.2, 0.25) is 0 Å². The summed E-state index contributed by atoms with van der Waals surface area (Å²) in [6.45, 7) is 9.23. The zero-order valence-electron chi connectivity index (χ0n) is 16.4. The molecule has 2 atom stereocenters. The molecule has 0 amide bonds. The van der Waals surface area contributed by atoms with Gasteiger partial charge in [0, 0.05) is 13.3 Å². The van der Waals surface area contributed by atoms with Crippen LogP contribution in [0.1, 0.15) is 97.8 Å². The first-order valence-electron chi connectivity index (χ1n) is 10.3. The van der Waals surface area contributed by atoms with Crippen molar-refractivity contribution in [1.29, 1.82) is 0 Å². The van der Waals surface area contributed by atoms with Crippen molar-refractivity contribution in [2.45, 2.75) is 104 Å². The Balaban J connectivity index is 0.00000529. The van der Waals surface area contributed by atoms with Crippen LogP contribution in [0.25, 0.3) is 0 Å². The Morgan fingerprint density at radius 2 is 1.42 bits per heavy atom. The topological polar surface area (TPSA) is 32.6 Å². The summed E-state index contributed by atoms with van der Waals surface area (Å²) < 4.78 is 0.720. The third-order valence-corrected chi connectivity index (χ3v) is 5.59. The molecule has 1 N–H and O–H groups in total. The van der Waals surface area contributed by atoms with Crippen molar-refractivity contribution in [3.63, 3.8) is 0 Å². The standard InChI is InChI=1S/C20H41N2O.BrH/c1-4-6-7-8-9-10-11-12-13-14-15-16-20-21-17-18-22(20,5-2)19(3)23;/h19,23H,4-18H2,1-3H3;1H/q+1;/p-1. The Morgan fingerprint density at radius 1 is 0.917 bits per heavy atom. The molecule has 3 nitrogen and oxygen atoms in total. The van der Waals surface area contributed by atoms with Crippen LogP contribution in [0.5, 0.6) is 0 Å². The minimum Gasteiger partial charge on any atom is -1.00 e. The Kier molecular flexibility index (Phi) is 14.3. The van der Waals surface area contributed by atoms with Crippen molar-refractivity contribution in [2.75, 3.05) is 19.6 Å². The molecule has 0 spiro atoms. The number of hydrogen-bond acceptors (Lipinski definition) is 2. The Bertz CT molecular complexity index is 334. The smallest absolute Gasteiger partial charge is 0.200 e. The van der Waals surface area contributed by atoms with Gasteiger partial charge in [-0.1, -0.05) is 71.1 Å². The lowest BCUT2D eigenvalue weighted by Gasteiger charge is -2.36. The third-order valence-electron chi connectivity index (χ3n) is 5.59. The van der Waals surface area contributed by atoms with Crippen LogP contribution in [0, 0.1) is 0 Å². The van der Waals surface area contributed by atoms with Gasteiger partial charge in [-0.3, -0.25) is 4.48 Å². The number of likely N-dealkylation sites (N-methyl/N-ethyl adjacent to an activating group) is 1. The number of rotatable bonds is 14. The van der Waals surface area contributed by atoms with Crippen LogP contribution in [0.3, 0.4) is 0 Å². The van der Waals surface area contributed by atoms with Crippen LogP contribution in [-0.4, -0.2) is 41.3 Å². The second-order valence-corrected chi connectivity index (χ2v) is 7.29. The highest BCUT2D eigenvalue weighted by molar-refractivity contribution is 5.76. The molecule has 2 unspecified atom stereocenters. The quantitative estimate of drug-likeness (QED) is 0.349. The minimum absolute atomic E-state index is 0. The van der Waals surface area contributed by atoms with Crippen LogP contribution >= 0.6 is 0 Å². The van der Waals surface area contributed by atoms with Gasteiger partial charge in [-0.15, -0.1) is 0 Å². The van der Waals surface area contributed by atoms with Gasteiger partial charge in [-0.05, 0) is 13.3 Å². The van der Waals surface area contributed by atoms with Crippen LogP contribution in [0.4, 0.5) is 0 Å². The van der Waals surface area contributed by atoms with Gasteiger partial charge < -0.3 is 22.1 Å². The van der Waals surface area contributed by atoms with Gasteiger partial charge in [0.1, 0.15) is 6.54 Å². The van der Waals surface area contributed by atoms with E-state index in [4.69, 9.17) is 4.99 Å². The first-order valence-corrected chi connectivity index (χ1v) is 10.3. The predicted molar refractivity (Wildman–Crippen MR) is 101 cm³/mol.